The second kappa shape index (κ2) is 6.43. The van der Waals surface area contributed by atoms with Crippen LogP contribution in [0.2, 0.25) is 19.6 Å². The Morgan fingerprint density at radius 1 is 0.633 bits per heavy atom. The Balaban J connectivity index is 1.64. The minimum atomic E-state index is -1.37. The van der Waals surface area contributed by atoms with Crippen LogP contribution < -0.4 is 0 Å². The van der Waals surface area contributed by atoms with E-state index in [1.165, 1.54) is 57.4 Å². The highest BCUT2D eigenvalue weighted by atomic mass is 32.1. The molecule has 30 heavy (non-hydrogen) atoms. The quantitative estimate of drug-likeness (QED) is 0.127. The van der Waals surface area contributed by atoms with Gasteiger partial charge < -0.3 is 0 Å². The molecular weight excluding hydrogens is 417 g/mol. The van der Waals surface area contributed by atoms with Crippen LogP contribution in [0.1, 0.15) is 4.88 Å². The predicted molar refractivity (Wildman–Crippen MR) is 140 cm³/mol. The molecule has 0 unspecified atom stereocenters. The number of fused-ring (bicyclic) bond motifs is 9. The topological polar surface area (TPSA) is 0 Å². The fourth-order valence-corrected chi connectivity index (χ4v) is 6.84. The highest BCUT2D eigenvalue weighted by Gasteiger charge is 2.12. The van der Waals surface area contributed by atoms with E-state index in [0.29, 0.717) is 0 Å². The van der Waals surface area contributed by atoms with Crippen LogP contribution in [0.25, 0.3) is 52.5 Å². The average molecular weight is 437 g/mol. The fourth-order valence-electron chi connectivity index (χ4n) is 4.27. The lowest BCUT2D eigenvalue weighted by molar-refractivity contribution is 1.81. The number of benzene rings is 4. The summed E-state index contributed by atoms with van der Waals surface area (Å²) in [6.07, 6.45) is 0. The van der Waals surface area contributed by atoms with Gasteiger partial charge in [-0.25, -0.2) is 0 Å². The molecule has 3 heteroatoms. The van der Waals surface area contributed by atoms with Crippen LogP contribution in [0, 0.1) is 11.5 Å². The molecule has 0 fully saturated rings. The van der Waals surface area contributed by atoms with Gasteiger partial charge in [0.05, 0.1) is 4.88 Å². The molecule has 6 aromatic rings. The van der Waals surface area contributed by atoms with Crippen LogP contribution >= 0.6 is 22.7 Å². The maximum atomic E-state index is 3.51. The second-order valence-corrected chi connectivity index (χ2v) is 15.6. The van der Waals surface area contributed by atoms with Crippen molar-refractivity contribution in [3.05, 3.63) is 70.9 Å². The third kappa shape index (κ3) is 2.80. The Morgan fingerprint density at radius 3 is 1.90 bits per heavy atom. The summed E-state index contributed by atoms with van der Waals surface area (Å²) in [5, 5.41) is 12.9. The molecule has 2 aromatic heterocycles. The van der Waals surface area contributed by atoms with Crippen molar-refractivity contribution < 1.29 is 0 Å². The zero-order valence-corrected chi connectivity index (χ0v) is 19.8. The molecule has 0 atom stereocenters. The van der Waals surface area contributed by atoms with Gasteiger partial charge in [-0.05, 0) is 49.8 Å². The maximum Gasteiger partial charge on any atom is 0.129 e. The molecule has 0 saturated carbocycles. The molecule has 0 bridgehead atoms. The zero-order valence-electron chi connectivity index (χ0n) is 17.2. The molecule has 4 aromatic carbocycles. The Morgan fingerprint density at radius 2 is 1.20 bits per heavy atom. The first-order chi connectivity index (χ1) is 14.5. The Hall–Kier alpha value is -2.64. The first-order valence-corrected chi connectivity index (χ1v) is 15.4. The van der Waals surface area contributed by atoms with Gasteiger partial charge in [-0.3, -0.25) is 0 Å². The minimum Gasteiger partial charge on any atom is -0.143 e. The van der Waals surface area contributed by atoms with E-state index in [4.69, 9.17) is 0 Å². The first kappa shape index (κ1) is 18.2. The number of thiophene rings is 2. The van der Waals surface area contributed by atoms with Crippen LogP contribution in [-0.2, 0) is 0 Å². The van der Waals surface area contributed by atoms with Crippen molar-refractivity contribution >= 4 is 83.2 Å². The third-order valence-electron chi connectivity index (χ3n) is 5.65. The van der Waals surface area contributed by atoms with Gasteiger partial charge in [-0.1, -0.05) is 74.1 Å². The SMILES string of the molecule is C[Si](C)(C)C#Cc1cc2ccc3c4ccc5c(ccc6ccsc65)c4ccc3c2s1. The highest BCUT2D eigenvalue weighted by Crippen LogP contribution is 2.39. The van der Waals surface area contributed by atoms with Gasteiger partial charge in [0, 0.05) is 20.2 Å². The van der Waals surface area contributed by atoms with Gasteiger partial charge in [-0.15, -0.1) is 28.2 Å². The monoisotopic (exact) mass is 436 g/mol. The van der Waals surface area contributed by atoms with Gasteiger partial charge in [-0.2, -0.15) is 0 Å². The van der Waals surface area contributed by atoms with E-state index in [1.54, 1.807) is 0 Å². The normalized spacial score (nSPS) is 12.2. The minimum absolute atomic E-state index is 1.18. The van der Waals surface area contributed by atoms with Crippen LogP contribution in [0.3, 0.4) is 0 Å². The Labute approximate surface area is 184 Å². The lowest BCUT2D eigenvalue weighted by atomic mass is 9.96. The molecule has 0 aliphatic rings. The average Bonchev–Trinajstić information content (AvgIpc) is 3.37. The fraction of sp³-hybridized carbons (Fsp3) is 0.111. The lowest BCUT2D eigenvalue weighted by Gasteiger charge is -2.09. The molecule has 0 saturated heterocycles. The van der Waals surface area contributed by atoms with Gasteiger partial charge in [0.1, 0.15) is 8.07 Å². The summed E-state index contributed by atoms with van der Waals surface area (Å²) < 4.78 is 2.73. The van der Waals surface area contributed by atoms with E-state index >= 15 is 0 Å². The Bertz CT molecular complexity index is 1680. The predicted octanol–water partition coefficient (Wildman–Crippen LogP) is 8.80. The van der Waals surface area contributed by atoms with Gasteiger partial charge in [0.2, 0.25) is 0 Å². The zero-order chi connectivity index (χ0) is 20.5. The van der Waals surface area contributed by atoms with Crippen molar-refractivity contribution in [3.8, 4) is 11.5 Å². The van der Waals surface area contributed by atoms with Crippen molar-refractivity contribution in [2.75, 3.05) is 0 Å². The summed E-state index contributed by atoms with van der Waals surface area (Å²) in [5.74, 6) is 3.45. The van der Waals surface area contributed by atoms with Gasteiger partial charge >= 0.3 is 0 Å². The summed E-state index contributed by atoms with van der Waals surface area (Å²) in [6, 6.07) is 22.8. The van der Waals surface area contributed by atoms with Gasteiger partial charge in [0.15, 0.2) is 0 Å². The van der Waals surface area contributed by atoms with Crippen LogP contribution in [0.15, 0.2) is 66.0 Å². The van der Waals surface area contributed by atoms with E-state index < -0.39 is 8.07 Å². The number of hydrogen-bond donors (Lipinski definition) is 0. The maximum absolute atomic E-state index is 3.51. The van der Waals surface area contributed by atoms with Crippen molar-refractivity contribution in [2.24, 2.45) is 0 Å². The molecule has 0 aliphatic heterocycles. The number of rotatable bonds is 0. The van der Waals surface area contributed by atoms with Crippen LogP contribution in [0.5, 0.6) is 0 Å². The molecule has 6 rings (SSSR count). The molecule has 2 heterocycles. The molecule has 0 spiro atoms. The van der Waals surface area contributed by atoms with Crippen LogP contribution in [0.4, 0.5) is 0 Å². The Kier molecular flexibility index (Phi) is 3.89. The molecule has 0 nitrogen and oxygen atoms in total. The van der Waals surface area contributed by atoms with Crippen molar-refractivity contribution in [1.29, 1.82) is 0 Å². The molecule has 0 amide bonds. The molecule has 144 valence electrons. The molecular formula is C27H20S2Si. The standard InChI is InChI=1S/C27H20S2Si/c1-30(2,3)15-13-19-16-18-5-7-23-21-8-10-24-22(6-4-17-12-14-28-26(17)24)20(21)9-11-25(23)27(18)29-19/h4-12,14,16H,1-3H3. The summed E-state index contributed by atoms with van der Waals surface area (Å²) in [7, 11) is -1.37. The van der Waals surface area contributed by atoms with E-state index in [2.05, 4.69) is 97.1 Å². The third-order valence-corrected chi connectivity index (χ3v) is 8.59. The van der Waals surface area contributed by atoms with E-state index in [1.807, 2.05) is 22.7 Å². The molecule has 0 aliphatic carbocycles. The van der Waals surface area contributed by atoms with E-state index in [0.717, 1.165) is 0 Å². The summed E-state index contributed by atoms with van der Waals surface area (Å²) in [5.41, 5.74) is 3.51. The van der Waals surface area contributed by atoms with Crippen molar-refractivity contribution in [2.45, 2.75) is 19.6 Å². The second-order valence-electron chi connectivity index (χ2n) is 8.92. The van der Waals surface area contributed by atoms with Gasteiger partial charge in [0.25, 0.3) is 0 Å². The number of hydrogen-bond acceptors (Lipinski definition) is 2. The van der Waals surface area contributed by atoms with E-state index in [-0.39, 0.29) is 0 Å². The molecule has 0 radical (unpaired) electrons. The van der Waals surface area contributed by atoms with Crippen molar-refractivity contribution in [3.63, 3.8) is 0 Å². The van der Waals surface area contributed by atoms with E-state index in [9.17, 15) is 0 Å². The summed E-state index contributed by atoms with van der Waals surface area (Å²) in [6.45, 7) is 6.88. The lowest BCUT2D eigenvalue weighted by Crippen LogP contribution is -2.16. The molecule has 0 N–H and O–H groups in total. The largest absolute Gasteiger partial charge is 0.143 e. The van der Waals surface area contributed by atoms with Crippen molar-refractivity contribution in [1.82, 2.24) is 0 Å². The highest BCUT2D eigenvalue weighted by molar-refractivity contribution is 7.20. The van der Waals surface area contributed by atoms with Crippen LogP contribution in [-0.4, -0.2) is 8.07 Å². The summed E-state index contributed by atoms with van der Waals surface area (Å²) in [4.78, 5) is 1.18. The smallest absolute Gasteiger partial charge is 0.129 e. The first-order valence-electron chi connectivity index (χ1n) is 10.2. The summed E-state index contributed by atoms with van der Waals surface area (Å²) >= 11 is 3.66.